The van der Waals surface area contributed by atoms with Gasteiger partial charge in [-0.15, -0.1) is 0 Å². The van der Waals surface area contributed by atoms with Crippen molar-refractivity contribution in [1.82, 2.24) is 10.2 Å². The Labute approximate surface area is 290 Å². The van der Waals surface area contributed by atoms with E-state index >= 15 is 0 Å². The Morgan fingerprint density at radius 1 is 0.755 bits per heavy atom. The van der Waals surface area contributed by atoms with E-state index in [4.69, 9.17) is 15.2 Å². The summed E-state index contributed by atoms with van der Waals surface area (Å²) in [6.07, 6.45) is 0.383. The number of rotatable bonds is 14. The van der Waals surface area contributed by atoms with Crippen LogP contribution in [0.4, 0.5) is 9.59 Å². The monoisotopic (exact) mass is 663 g/mol. The minimum atomic E-state index is -0.656. The number of hydrogen-bond donors (Lipinski definition) is 2. The van der Waals surface area contributed by atoms with Crippen LogP contribution in [0.2, 0.25) is 0 Å². The van der Waals surface area contributed by atoms with Crippen molar-refractivity contribution in [2.45, 2.75) is 44.6 Å². The van der Waals surface area contributed by atoms with Crippen molar-refractivity contribution in [3.8, 4) is 0 Å². The van der Waals surface area contributed by atoms with Crippen LogP contribution in [-0.2, 0) is 14.3 Å². The van der Waals surface area contributed by atoms with Crippen LogP contribution in [0, 0.1) is 0 Å². The number of ketones is 1. The number of nitrogens with two attached hydrogens (primary N) is 1. The lowest BCUT2D eigenvalue weighted by atomic mass is 9.91. The van der Waals surface area contributed by atoms with Gasteiger partial charge in [0.1, 0.15) is 12.2 Å². The quantitative estimate of drug-likeness (QED) is 0.134. The molecule has 0 aliphatic rings. The molecule has 0 spiro atoms. The van der Waals surface area contributed by atoms with Crippen molar-refractivity contribution in [2.75, 3.05) is 32.8 Å². The molecular weight excluding hydrogens is 614 g/mol. The summed E-state index contributed by atoms with van der Waals surface area (Å²) in [5.74, 6) is -0.00979. The van der Waals surface area contributed by atoms with Crippen LogP contribution < -0.4 is 11.1 Å². The van der Waals surface area contributed by atoms with Crippen molar-refractivity contribution in [3.63, 3.8) is 0 Å². The molecule has 4 rings (SSSR count). The van der Waals surface area contributed by atoms with Gasteiger partial charge < -0.3 is 25.4 Å². The maximum absolute atomic E-state index is 12.8. The number of carbonyl (C=O) groups excluding carboxylic acids is 3. The second kappa shape index (κ2) is 20.2. The average Bonchev–Trinajstić information content (AvgIpc) is 3.11. The fourth-order valence-corrected chi connectivity index (χ4v) is 5.14. The van der Waals surface area contributed by atoms with Gasteiger partial charge in [0.15, 0.2) is 5.78 Å². The third-order valence-electron chi connectivity index (χ3n) is 7.52. The lowest BCUT2D eigenvalue weighted by molar-refractivity contribution is -0.118. The van der Waals surface area contributed by atoms with Crippen molar-refractivity contribution >= 4 is 18.0 Å². The minimum absolute atomic E-state index is 0.0648. The van der Waals surface area contributed by atoms with Gasteiger partial charge in [0, 0.05) is 37.9 Å². The predicted molar refractivity (Wildman–Crippen MR) is 195 cm³/mol. The molecule has 258 valence electrons. The van der Waals surface area contributed by atoms with Crippen LogP contribution in [0.25, 0.3) is 0 Å². The minimum Gasteiger partial charge on any atom is -0.445 e. The van der Waals surface area contributed by atoms with E-state index in [1.165, 1.54) is 22.1 Å². The van der Waals surface area contributed by atoms with Gasteiger partial charge in [-0.05, 0) is 43.0 Å². The normalized spacial score (nSPS) is 10.8. The van der Waals surface area contributed by atoms with Gasteiger partial charge in [-0.3, -0.25) is 4.79 Å². The molecule has 4 aromatic carbocycles. The van der Waals surface area contributed by atoms with E-state index in [0.717, 1.165) is 11.1 Å². The SMILES string of the molecule is C=CCOC(=O)N(CCC(=O)CNC(=O)OC(C)(C)C)CC(c1ccccc1)c1ccccc1.NCC(c1ccccc1)c1ccccc1. The van der Waals surface area contributed by atoms with Crippen LogP contribution in [0.3, 0.4) is 0 Å². The maximum atomic E-state index is 12.8. The number of hydrogen-bond acceptors (Lipinski definition) is 6. The largest absolute Gasteiger partial charge is 0.445 e. The second-order valence-corrected chi connectivity index (χ2v) is 12.4. The molecule has 8 heteroatoms. The number of amides is 2. The Balaban J connectivity index is 0.000000357. The summed E-state index contributed by atoms with van der Waals surface area (Å²) >= 11 is 0. The molecule has 0 radical (unpaired) electrons. The summed E-state index contributed by atoms with van der Waals surface area (Å²) in [6, 6.07) is 40.6. The molecular formula is C41H49N3O5. The average molecular weight is 664 g/mol. The number of nitrogens with one attached hydrogen (secondary N) is 1. The first kappa shape index (κ1) is 38.2. The third kappa shape index (κ3) is 13.8. The van der Waals surface area contributed by atoms with E-state index in [2.05, 4.69) is 60.4 Å². The first-order chi connectivity index (χ1) is 23.6. The third-order valence-corrected chi connectivity index (χ3v) is 7.52. The summed E-state index contributed by atoms with van der Waals surface area (Å²) in [5.41, 5.74) is 9.85. The van der Waals surface area contributed by atoms with Crippen LogP contribution in [0.1, 0.15) is 61.3 Å². The highest BCUT2D eigenvalue weighted by atomic mass is 16.6. The van der Waals surface area contributed by atoms with Gasteiger partial charge >= 0.3 is 12.2 Å². The van der Waals surface area contributed by atoms with Crippen molar-refractivity contribution in [2.24, 2.45) is 5.73 Å². The summed E-state index contributed by atoms with van der Waals surface area (Å²) in [6.45, 7) is 9.86. The summed E-state index contributed by atoms with van der Waals surface area (Å²) in [5, 5.41) is 2.46. The highest BCUT2D eigenvalue weighted by Gasteiger charge is 2.24. The Bertz CT molecular complexity index is 1480. The Morgan fingerprint density at radius 3 is 1.57 bits per heavy atom. The Hall–Kier alpha value is -5.21. The molecule has 0 heterocycles. The molecule has 0 aliphatic heterocycles. The highest BCUT2D eigenvalue weighted by molar-refractivity contribution is 5.84. The van der Waals surface area contributed by atoms with Crippen molar-refractivity contribution < 1.29 is 23.9 Å². The molecule has 0 saturated carbocycles. The number of Topliss-reactive ketones (excluding diaryl/α,β-unsaturated/α-hetero) is 1. The summed E-state index contributed by atoms with van der Waals surface area (Å²) in [4.78, 5) is 38.5. The predicted octanol–water partition coefficient (Wildman–Crippen LogP) is 7.70. The zero-order valence-electron chi connectivity index (χ0n) is 28.8. The molecule has 0 saturated heterocycles. The molecule has 2 amide bonds. The van der Waals surface area contributed by atoms with E-state index in [0.29, 0.717) is 19.0 Å². The maximum Gasteiger partial charge on any atom is 0.410 e. The highest BCUT2D eigenvalue weighted by Crippen LogP contribution is 2.26. The summed E-state index contributed by atoms with van der Waals surface area (Å²) < 4.78 is 10.4. The first-order valence-corrected chi connectivity index (χ1v) is 16.5. The van der Waals surface area contributed by atoms with Gasteiger partial charge in [-0.2, -0.15) is 0 Å². The molecule has 4 aromatic rings. The number of alkyl carbamates (subject to hydrolysis) is 1. The van der Waals surface area contributed by atoms with E-state index < -0.39 is 17.8 Å². The number of carbonyl (C=O) groups is 3. The molecule has 0 atom stereocenters. The molecule has 3 N–H and O–H groups in total. The zero-order valence-corrected chi connectivity index (χ0v) is 28.8. The smallest absolute Gasteiger partial charge is 0.410 e. The first-order valence-electron chi connectivity index (χ1n) is 16.5. The second-order valence-electron chi connectivity index (χ2n) is 12.4. The van der Waals surface area contributed by atoms with Crippen molar-refractivity contribution in [3.05, 3.63) is 156 Å². The lowest BCUT2D eigenvalue weighted by Gasteiger charge is -2.27. The van der Waals surface area contributed by atoms with E-state index in [-0.39, 0.29) is 37.8 Å². The number of nitrogens with zero attached hydrogens (tertiary/aromatic N) is 1. The molecule has 0 fully saturated rings. The molecule has 0 aliphatic carbocycles. The molecule has 49 heavy (non-hydrogen) atoms. The Morgan fingerprint density at radius 2 is 1.18 bits per heavy atom. The van der Waals surface area contributed by atoms with Gasteiger partial charge in [-0.25, -0.2) is 9.59 Å². The van der Waals surface area contributed by atoms with Crippen LogP contribution in [0.5, 0.6) is 0 Å². The van der Waals surface area contributed by atoms with Gasteiger partial charge in [0.25, 0.3) is 0 Å². The van der Waals surface area contributed by atoms with Crippen LogP contribution >= 0.6 is 0 Å². The fraction of sp³-hybridized carbons (Fsp3) is 0.293. The zero-order chi connectivity index (χ0) is 35.5. The molecule has 0 aromatic heterocycles. The number of benzene rings is 4. The lowest BCUT2D eigenvalue weighted by Crippen LogP contribution is -2.39. The summed E-state index contributed by atoms with van der Waals surface area (Å²) in [7, 11) is 0. The molecule has 0 bridgehead atoms. The standard InChI is InChI=1S/C27H34N2O5.C14H15N/c1-5-18-33-26(32)29(17-16-23(30)19-28-25(31)34-27(2,3)4)20-24(21-12-8-6-9-13-21)22-14-10-7-11-15-22;15-11-14(12-7-3-1-4-8-12)13-9-5-2-6-10-13/h5-15,24H,1,16-20H2,2-4H3,(H,28,31);1-10,14H,11,15H2. The Kier molecular flexibility index (Phi) is 15.8. The topological polar surface area (TPSA) is 111 Å². The van der Waals surface area contributed by atoms with E-state index in [1.54, 1.807) is 20.8 Å². The fourth-order valence-electron chi connectivity index (χ4n) is 5.14. The number of ether oxygens (including phenoxy) is 2. The van der Waals surface area contributed by atoms with Crippen LogP contribution in [-0.4, -0.2) is 61.3 Å². The van der Waals surface area contributed by atoms with Crippen molar-refractivity contribution in [1.29, 1.82) is 0 Å². The molecule has 8 nitrogen and oxygen atoms in total. The van der Waals surface area contributed by atoms with Gasteiger partial charge in [-0.1, -0.05) is 134 Å². The van der Waals surface area contributed by atoms with Gasteiger partial charge in [0.05, 0.1) is 6.54 Å². The van der Waals surface area contributed by atoms with E-state index in [9.17, 15) is 14.4 Å². The van der Waals surface area contributed by atoms with Crippen LogP contribution in [0.15, 0.2) is 134 Å². The van der Waals surface area contributed by atoms with Gasteiger partial charge in [0.2, 0.25) is 0 Å². The van der Waals surface area contributed by atoms with E-state index in [1.807, 2.05) is 72.8 Å². The molecule has 0 unspecified atom stereocenters.